The van der Waals surface area contributed by atoms with Gasteiger partial charge in [-0.05, 0) is 18.1 Å². The largest absolute Gasteiger partial charge is 0.324 e. The van der Waals surface area contributed by atoms with Crippen molar-refractivity contribution in [2.45, 2.75) is 45.1 Å². The first-order valence-corrected chi connectivity index (χ1v) is 6.92. The van der Waals surface area contributed by atoms with Crippen molar-refractivity contribution < 1.29 is 0 Å². The van der Waals surface area contributed by atoms with E-state index in [-0.39, 0.29) is 6.04 Å². The fourth-order valence-electron chi connectivity index (χ4n) is 1.55. The Balaban J connectivity index is 2.39. The highest BCUT2D eigenvalue weighted by Gasteiger charge is 2.13. The maximum atomic E-state index is 6.05. The summed E-state index contributed by atoms with van der Waals surface area (Å²) in [5.41, 5.74) is 7.06. The van der Waals surface area contributed by atoms with Crippen LogP contribution in [-0.2, 0) is 0 Å². The number of nitrogens with two attached hydrogens (primary N) is 1. The Morgan fingerprint density at radius 2 is 2.07 bits per heavy atom. The van der Waals surface area contributed by atoms with Crippen molar-refractivity contribution in [3.8, 4) is 0 Å². The van der Waals surface area contributed by atoms with E-state index in [4.69, 9.17) is 28.9 Å². The standard InChI is InChI=1S/C11H17Cl2NS/c1-2-3-4-5-6-9(14)8-7-10(12)15-11(8)13/h7,9H,2-6,14H2,1H3. The molecule has 0 fully saturated rings. The molecule has 0 aromatic carbocycles. The van der Waals surface area contributed by atoms with E-state index in [9.17, 15) is 0 Å². The van der Waals surface area contributed by atoms with Gasteiger partial charge in [0.2, 0.25) is 0 Å². The summed E-state index contributed by atoms with van der Waals surface area (Å²) in [6.45, 7) is 2.20. The average molecular weight is 266 g/mol. The second-order valence-electron chi connectivity index (χ2n) is 3.74. The van der Waals surface area contributed by atoms with Crippen molar-refractivity contribution >= 4 is 34.5 Å². The summed E-state index contributed by atoms with van der Waals surface area (Å²) in [4.78, 5) is 0. The van der Waals surface area contributed by atoms with Gasteiger partial charge in [0, 0.05) is 6.04 Å². The summed E-state index contributed by atoms with van der Waals surface area (Å²) in [5, 5.41) is 0. The average Bonchev–Trinajstić information content (AvgIpc) is 2.52. The molecule has 1 aromatic rings. The zero-order valence-corrected chi connectivity index (χ0v) is 11.3. The van der Waals surface area contributed by atoms with Crippen LogP contribution in [0.15, 0.2) is 6.07 Å². The van der Waals surface area contributed by atoms with Crippen molar-refractivity contribution in [3.63, 3.8) is 0 Å². The first-order valence-electron chi connectivity index (χ1n) is 5.35. The zero-order valence-electron chi connectivity index (χ0n) is 8.93. The third-order valence-corrected chi connectivity index (χ3v) is 3.97. The van der Waals surface area contributed by atoms with Crippen molar-refractivity contribution in [2.24, 2.45) is 5.73 Å². The highest BCUT2D eigenvalue weighted by Crippen LogP contribution is 2.35. The lowest BCUT2D eigenvalue weighted by Gasteiger charge is -2.09. The van der Waals surface area contributed by atoms with E-state index < -0.39 is 0 Å². The van der Waals surface area contributed by atoms with Crippen molar-refractivity contribution in [1.29, 1.82) is 0 Å². The Labute approximate surface area is 106 Å². The molecule has 4 heteroatoms. The number of rotatable bonds is 6. The van der Waals surface area contributed by atoms with Gasteiger partial charge < -0.3 is 5.73 Å². The molecule has 1 nitrogen and oxygen atoms in total. The molecule has 2 N–H and O–H groups in total. The molecule has 0 saturated carbocycles. The molecule has 0 bridgehead atoms. The molecule has 0 amide bonds. The van der Waals surface area contributed by atoms with Gasteiger partial charge in [-0.1, -0.05) is 55.8 Å². The van der Waals surface area contributed by atoms with Crippen LogP contribution in [0.25, 0.3) is 0 Å². The van der Waals surface area contributed by atoms with Gasteiger partial charge in [0.25, 0.3) is 0 Å². The van der Waals surface area contributed by atoms with E-state index in [2.05, 4.69) is 6.92 Å². The van der Waals surface area contributed by atoms with Crippen molar-refractivity contribution in [2.75, 3.05) is 0 Å². The highest BCUT2D eigenvalue weighted by molar-refractivity contribution is 7.20. The Bertz CT molecular complexity index is 299. The lowest BCUT2D eigenvalue weighted by atomic mass is 10.0. The third-order valence-electron chi connectivity index (χ3n) is 2.45. The first-order chi connectivity index (χ1) is 7.15. The van der Waals surface area contributed by atoms with E-state index >= 15 is 0 Å². The van der Waals surface area contributed by atoms with E-state index in [0.29, 0.717) is 0 Å². The van der Waals surface area contributed by atoms with Crippen LogP contribution in [-0.4, -0.2) is 0 Å². The van der Waals surface area contributed by atoms with Crippen LogP contribution in [0.3, 0.4) is 0 Å². The van der Waals surface area contributed by atoms with Crippen LogP contribution in [0.4, 0.5) is 0 Å². The Hall–Kier alpha value is 0.240. The van der Waals surface area contributed by atoms with Crippen molar-refractivity contribution in [3.05, 3.63) is 20.3 Å². The van der Waals surface area contributed by atoms with Crippen LogP contribution in [0.2, 0.25) is 8.67 Å². The van der Waals surface area contributed by atoms with Gasteiger partial charge in [-0.25, -0.2) is 0 Å². The summed E-state index contributed by atoms with van der Waals surface area (Å²) < 4.78 is 1.46. The number of hydrogen-bond donors (Lipinski definition) is 1. The summed E-state index contributed by atoms with van der Waals surface area (Å²) in [7, 11) is 0. The van der Waals surface area contributed by atoms with Crippen LogP contribution < -0.4 is 5.73 Å². The quantitative estimate of drug-likeness (QED) is 0.718. The van der Waals surface area contributed by atoms with Gasteiger partial charge in [-0.15, -0.1) is 11.3 Å². The fourth-order valence-corrected chi connectivity index (χ4v) is 3.15. The Morgan fingerprint density at radius 1 is 1.33 bits per heavy atom. The second-order valence-corrected chi connectivity index (χ2v) is 6.02. The minimum atomic E-state index is 0.0399. The number of unbranched alkanes of at least 4 members (excludes halogenated alkanes) is 3. The van der Waals surface area contributed by atoms with E-state index in [1.807, 2.05) is 6.07 Å². The molecule has 1 aromatic heterocycles. The lowest BCUT2D eigenvalue weighted by Crippen LogP contribution is -2.09. The first kappa shape index (κ1) is 13.3. The SMILES string of the molecule is CCCCCCC(N)c1cc(Cl)sc1Cl. The molecule has 0 radical (unpaired) electrons. The molecule has 0 aliphatic carbocycles. The molecule has 1 unspecified atom stereocenters. The number of halogens is 2. The normalized spacial score (nSPS) is 13.1. The molecule has 0 aliphatic heterocycles. The molecule has 0 aliphatic rings. The summed E-state index contributed by atoms with van der Waals surface area (Å²) >= 11 is 13.3. The maximum absolute atomic E-state index is 6.05. The van der Waals surface area contributed by atoms with Gasteiger partial charge >= 0.3 is 0 Å². The van der Waals surface area contributed by atoms with Crippen LogP contribution in [0.5, 0.6) is 0 Å². The summed E-state index contributed by atoms with van der Waals surface area (Å²) in [6, 6.07) is 1.93. The van der Waals surface area contributed by atoms with Crippen LogP contribution >= 0.6 is 34.5 Å². The van der Waals surface area contributed by atoms with E-state index in [1.54, 1.807) is 0 Å². The molecule has 15 heavy (non-hydrogen) atoms. The Morgan fingerprint density at radius 3 is 2.60 bits per heavy atom. The minimum absolute atomic E-state index is 0.0399. The predicted molar refractivity (Wildman–Crippen MR) is 70.0 cm³/mol. The topological polar surface area (TPSA) is 26.0 Å². The minimum Gasteiger partial charge on any atom is -0.324 e. The smallest absolute Gasteiger partial charge is 0.0991 e. The van der Waals surface area contributed by atoms with Gasteiger partial charge in [-0.3, -0.25) is 0 Å². The molecule has 0 saturated heterocycles. The number of thiophene rings is 1. The molecular formula is C11H17Cl2NS. The van der Waals surface area contributed by atoms with E-state index in [0.717, 1.165) is 20.7 Å². The van der Waals surface area contributed by atoms with Crippen LogP contribution in [0.1, 0.15) is 50.6 Å². The molecule has 0 spiro atoms. The van der Waals surface area contributed by atoms with E-state index in [1.165, 1.54) is 37.0 Å². The molecule has 1 atom stereocenters. The molecule has 1 heterocycles. The molecule has 86 valence electrons. The predicted octanol–water partition coefficient (Wildman–Crippen LogP) is 5.03. The van der Waals surface area contributed by atoms with Gasteiger partial charge in [0.05, 0.1) is 8.67 Å². The lowest BCUT2D eigenvalue weighted by molar-refractivity contribution is 0.567. The zero-order chi connectivity index (χ0) is 11.3. The third kappa shape index (κ3) is 4.31. The monoisotopic (exact) mass is 265 g/mol. The fraction of sp³-hybridized carbons (Fsp3) is 0.636. The molecule has 1 rings (SSSR count). The molecular weight excluding hydrogens is 249 g/mol. The Kier molecular flexibility index (Phi) is 5.98. The highest BCUT2D eigenvalue weighted by atomic mass is 35.5. The summed E-state index contributed by atoms with van der Waals surface area (Å²) in [5.74, 6) is 0. The van der Waals surface area contributed by atoms with Gasteiger partial charge in [0.15, 0.2) is 0 Å². The maximum Gasteiger partial charge on any atom is 0.0991 e. The van der Waals surface area contributed by atoms with Crippen LogP contribution in [0, 0.1) is 0 Å². The second kappa shape index (κ2) is 6.74. The summed E-state index contributed by atoms with van der Waals surface area (Å²) in [6.07, 6.45) is 5.94. The number of hydrogen-bond acceptors (Lipinski definition) is 2. The van der Waals surface area contributed by atoms with Gasteiger partial charge in [-0.2, -0.15) is 0 Å². The van der Waals surface area contributed by atoms with Gasteiger partial charge in [0.1, 0.15) is 0 Å². The van der Waals surface area contributed by atoms with Crippen molar-refractivity contribution in [1.82, 2.24) is 0 Å².